The van der Waals surface area contributed by atoms with Crippen LogP contribution in [0.5, 0.6) is 0 Å². The van der Waals surface area contributed by atoms with Gasteiger partial charge in [0.2, 0.25) is 0 Å². The monoisotopic (exact) mass is 325 g/mol. The molecule has 0 aliphatic heterocycles. The molecule has 21 heavy (non-hydrogen) atoms. The summed E-state index contributed by atoms with van der Waals surface area (Å²) in [5, 5.41) is 11.5. The van der Waals surface area contributed by atoms with E-state index in [1.165, 1.54) is 24.3 Å². The number of alkyl halides is 3. The first kappa shape index (κ1) is 17.4. The summed E-state index contributed by atoms with van der Waals surface area (Å²) in [6, 6.07) is 3.28. The van der Waals surface area contributed by atoms with Gasteiger partial charge in [0.05, 0.1) is 10.9 Å². The Morgan fingerprint density at radius 1 is 1.29 bits per heavy atom. The second kappa shape index (κ2) is 6.90. The lowest BCUT2D eigenvalue weighted by Crippen LogP contribution is -2.43. The van der Waals surface area contributed by atoms with Crippen molar-refractivity contribution in [1.29, 1.82) is 0 Å². The van der Waals surface area contributed by atoms with Gasteiger partial charge in [-0.15, -0.1) is 0 Å². The second-order valence-electron chi connectivity index (χ2n) is 4.36. The van der Waals surface area contributed by atoms with Gasteiger partial charge in [-0.2, -0.15) is 8.78 Å². The molecule has 0 aliphatic carbocycles. The van der Waals surface area contributed by atoms with Gasteiger partial charge < -0.3 is 10.4 Å². The quantitative estimate of drug-likeness (QED) is 0.812. The van der Waals surface area contributed by atoms with Crippen LogP contribution >= 0.6 is 0 Å². The lowest BCUT2D eigenvalue weighted by molar-refractivity contribution is -0.133. The smallest absolute Gasteiger partial charge is 0.315 e. The Bertz CT molecular complexity index is 589. The maximum Gasteiger partial charge on any atom is 0.315 e. The Balaban J connectivity index is 2.90. The molecule has 0 fully saturated rings. The van der Waals surface area contributed by atoms with Gasteiger partial charge in [0, 0.05) is 6.26 Å². The first-order valence-corrected chi connectivity index (χ1v) is 7.68. The van der Waals surface area contributed by atoms with Gasteiger partial charge in [0.15, 0.2) is 9.84 Å². The molecule has 1 rings (SSSR count). The number of amides is 1. The number of sulfone groups is 1. The van der Waals surface area contributed by atoms with E-state index in [0.29, 0.717) is 0 Å². The molecule has 0 aromatic heterocycles. The third kappa shape index (κ3) is 4.71. The van der Waals surface area contributed by atoms with Crippen LogP contribution < -0.4 is 5.32 Å². The van der Waals surface area contributed by atoms with Crippen molar-refractivity contribution in [2.24, 2.45) is 0 Å². The molecule has 0 unspecified atom stereocenters. The molecule has 2 atom stereocenters. The minimum Gasteiger partial charge on any atom is -0.386 e. The maximum atomic E-state index is 12.8. The number of aliphatic hydroxyl groups is 1. The summed E-state index contributed by atoms with van der Waals surface area (Å²) in [4.78, 5) is 10.8. The fraction of sp³-hybridized carbons (Fsp3) is 0.417. The van der Waals surface area contributed by atoms with E-state index in [4.69, 9.17) is 0 Å². The number of hydrogen-bond acceptors (Lipinski definition) is 4. The van der Waals surface area contributed by atoms with E-state index < -0.39 is 41.0 Å². The first-order chi connectivity index (χ1) is 9.66. The van der Waals surface area contributed by atoms with E-state index in [9.17, 15) is 31.5 Å². The van der Waals surface area contributed by atoms with Gasteiger partial charge in [-0.25, -0.2) is 12.8 Å². The fourth-order valence-electron chi connectivity index (χ4n) is 1.59. The second-order valence-corrected chi connectivity index (χ2v) is 6.37. The highest BCUT2D eigenvalue weighted by atomic mass is 32.2. The SMILES string of the molecule is CS(=O)(=O)c1ccc([C@@H](O)[C@@H](CF)NC(=O)C(F)F)cc1. The zero-order valence-corrected chi connectivity index (χ0v) is 11.8. The Kier molecular flexibility index (Phi) is 5.73. The number of nitrogens with one attached hydrogen (secondary N) is 1. The van der Waals surface area contributed by atoms with E-state index in [1.807, 2.05) is 0 Å². The summed E-state index contributed by atoms with van der Waals surface area (Å²) >= 11 is 0. The van der Waals surface area contributed by atoms with Crippen LogP contribution in [0.3, 0.4) is 0 Å². The van der Waals surface area contributed by atoms with Crippen molar-refractivity contribution in [3.05, 3.63) is 29.8 Å². The van der Waals surface area contributed by atoms with Crippen LogP contribution in [0.15, 0.2) is 29.2 Å². The van der Waals surface area contributed by atoms with Crippen molar-refractivity contribution in [3.8, 4) is 0 Å². The van der Waals surface area contributed by atoms with Crippen LogP contribution in [0.1, 0.15) is 11.7 Å². The highest BCUT2D eigenvalue weighted by molar-refractivity contribution is 7.90. The summed E-state index contributed by atoms with van der Waals surface area (Å²) in [6.45, 7) is -1.26. The van der Waals surface area contributed by atoms with Crippen LogP contribution in [-0.2, 0) is 14.6 Å². The van der Waals surface area contributed by atoms with Crippen LogP contribution in [0.2, 0.25) is 0 Å². The van der Waals surface area contributed by atoms with Crippen molar-refractivity contribution in [2.75, 3.05) is 12.9 Å². The number of carbonyl (C=O) groups excluding carboxylic acids is 1. The zero-order chi connectivity index (χ0) is 16.2. The predicted molar refractivity (Wildman–Crippen MR) is 68.4 cm³/mol. The highest BCUT2D eigenvalue weighted by Gasteiger charge is 2.26. The Morgan fingerprint density at radius 3 is 2.19 bits per heavy atom. The van der Waals surface area contributed by atoms with E-state index in [0.717, 1.165) is 6.26 Å². The molecular formula is C12H14F3NO4S. The van der Waals surface area contributed by atoms with Gasteiger partial charge in [-0.3, -0.25) is 4.79 Å². The van der Waals surface area contributed by atoms with Crippen molar-refractivity contribution in [1.82, 2.24) is 5.32 Å². The Morgan fingerprint density at radius 2 is 1.81 bits per heavy atom. The predicted octanol–water partition coefficient (Wildman–Crippen LogP) is 0.843. The van der Waals surface area contributed by atoms with E-state index in [-0.39, 0.29) is 10.5 Å². The highest BCUT2D eigenvalue weighted by Crippen LogP contribution is 2.20. The third-order valence-electron chi connectivity index (χ3n) is 2.72. The topological polar surface area (TPSA) is 83.5 Å². The number of carbonyl (C=O) groups is 1. The molecule has 1 aromatic carbocycles. The van der Waals surface area contributed by atoms with E-state index in [2.05, 4.69) is 0 Å². The Hall–Kier alpha value is -1.61. The molecule has 0 radical (unpaired) electrons. The molecule has 0 heterocycles. The largest absolute Gasteiger partial charge is 0.386 e. The number of hydrogen-bond donors (Lipinski definition) is 2. The standard InChI is InChI=1S/C12H14F3NO4S/c1-21(19,20)8-4-2-7(3-5-8)10(17)9(6-13)16-12(18)11(14)15/h2-5,9-11,17H,6H2,1H3,(H,16,18)/t9-,10-/m1/s1. The summed E-state index contributed by atoms with van der Waals surface area (Å²) in [5.41, 5.74) is 0.0969. The number of benzene rings is 1. The summed E-state index contributed by atoms with van der Waals surface area (Å²) in [7, 11) is -3.43. The zero-order valence-electron chi connectivity index (χ0n) is 11.0. The van der Waals surface area contributed by atoms with Crippen molar-refractivity contribution in [3.63, 3.8) is 0 Å². The maximum absolute atomic E-state index is 12.8. The summed E-state index contributed by atoms with van der Waals surface area (Å²) < 4.78 is 59.5. The van der Waals surface area contributed by atoms with Gasteiger partial charge >= 0.3 is 6.43 Å². The molecule has 1 amide bonds. The van der Waals surface area contributed by atoms with Crippen molar-refractivity contribution >= 4 is 15.7 Å². The van der Waals surface area contributed by atoms with Crippen LogP contribution in [-0.4, -0.2) is 44.8 Å². The average Bonchev–Trinajstić information content (AvgIpc) is 2.42. The minimum absolute atomic E-state index is 0.00753. The number of rotatable bonds is 6. The number of halogens is 3. The molecular weight excluding hydrogens is 311 g/mol. The van der Waals surface area contributed by atoms with Crippen LogP contribution in [0, 0.1) is 0 Å². The van der Waals surface area contributed by atoms with Crippen LogP contribution in [0.25, 0.3) is 0 Å². The molecule has 0 saturated carbocycles. The molecule has 0 saturated heterocycles. The summed E-state index contributed by atoms with van der Waals surface area (Å²) in [6.07, 6.45) is -3.91. The van der Waals surface area contributed by atoms with Crippen molar-refractivity contribution in [2.45, 2.75) is 23.5 Å². The molecule has 0 bridgehead atoms. The molecule has 2 N–H and O–H groups in total. The lowest BCUT2D eigenvalue weighted by atomic mass is 10.0. The van der Waals surface area contributed by atoms with E-state index in [1.54, 1.807) is 5.32 Å². The molecule has 5 nitrogen and oxygen atoms in total. The van der Waals surface area contributed by atoms with Gasteiger partial charge in [-0.1, -0.05) is 12.1 Å². The first-order valence-electron chi connectivity index (χ1n) is 5.79. The Labute approximate surface area is 119 Å². The lowest BCUT2D eigenvalue weighted by Gasteiger charge is -2.21. The third-order valence-corrected chi connectivity index (χ3v) is 3.85. The minimum atomic E-state index is -3.43. The fourth-order valence-corrected chi connectivity index (χ4v) is 2.22. The summed E-state index contributed by atoms with van der Waals surface area (Å²) in [5.74, 6) is -1.69. The normalized spacial score (nSPS) is 14.8. The molecule has 9 heteroatoms. The van der Waals surface area contributed by atoms with Gasteiger partial charge in [0.1, 0.15) is 12.8 Å². The molecule has 1 aromatic rings. The average molecular weight is 325 g/mol. The van der Waals surface area contributed by atoms with Gasteiger partial charge in [0.25, 0.3) is 5.91 Å². The van der Waals surface area contributed by atoms with E-state index >= 15 is 0 Å². The molecule has 0 aliphatic rings. The molecule has 118 valence electrons. The van der Waals surface area contributed by atoms with Crippen LogP contribution in [0.4, 0.5) is 13.2 Å². The molecule has 0 spiro atoms. The number of aliphatic hydroxyl groups excluding tert-OH is 1. The van der Waals surface area contributed by atoms with Gasteiger partial charge in [-0.05, 0) is 17.7 Å². The van der Waals surface area contributed by atoms with Crippen molar-refractivity contribution < 1.29 is 31.5 Å².